The molecule has 0 fully saturated rings. The predicted octanol–water partition coefficient (Wildman–Crippen LogP) is 3.01. The number of hydrazone groups is 1. The molecule has 0 radical (unpaired) electrons. The SMILES string of the molecule is C=CCc1c(Cl)cccc1OCC1=CC(=O)N2N=C(c3ccccc3)NC2N1. The van der Waals surface area contributed by atoms with E-state index in [9.17, 15) is 4.79 Å². The second-order valence-corrected chi connectivity index (χ2v) is 6.76. The van der Waals surface area contributed by atoms with E-state index in [0.717, 1.165) is 11.1 Å². The minimum atomic E-state index is -0.446. The normalized spacial score (nSPS) is 17.8. The highest BCUT2D eigenvalue weighted by molar-refractivity contribution is 6.31. The Bertz CT molecular complexity index is 972. The van der Waals surface area contributed by atoms with Crippen molar-refractivity contribution >= 4 is 23.3 Å². The number of carbonyl (C=O) groups is 1. The fourth-order valence-corrected chi connectivity index (χ4v) is 3.33. The maximum atomic E-state index is 12.5. The van der Waals surface area contributed by atoms with Gasteiger partial charge in [-0.1, -0.05) is 54.1 Å². The lowest BCUT2D eigenvalue weighted by atomic mass is 10.1. The third-order valence-corrected chi connectivity index (χ3v) is 4.78. The largest absolute Gasteiger partial charge is 0.487 e. The fraction of sp³-hybridized carbons (Fsp3) is 0.143. The topological polar surface area (TPSA) is 66.0 Å². The van der Waals surface area contributed by atoms with Gasteiger partial charge in [0.1, 0.15) is 12.4 Å². The summed E-state index contributed by atoms with van der Waals surface area (Å²) in [6.07, 6.45) is 3.43. The molecule has 0 saturated carbocycles. The van der Waals surface area contributed by atoms with Gasteiger partial charge in [0.25, 0.3) is 5.91 Å². The highest BCUT2D eigenvalue weighted by atomic mass is 35.5. The van der Waals surface area contributed by atoms with E-state index >= 15 is 0 Å². The van der Waals surface area contributed by atoms with Gasteiger partial charge >= 0.3 is 0 Å². The van der Waals surface area contributed by atoms with E-state index in [0.29, 0.717) is 28.7 Å². The summed E-state index contributed by atoms with van der Waals surface area (Å²) in [6.45, 7) is 3.97. The molecule has 4 rings (SSSR count). The van der Waals surface area contributed by atoms with Crippen LogP contribution in [0.25, 0.3) is 0 Å². The summed E-state index contributed by atoms with van der Waals surface area (Å²) in [7, 11) is 0. The highest BCUT2D eigenvalue weighted by Crippen LogP contribution is 2.27. The third-order valence-electron chi connectivity index (χ3n) is 4.43. The fourth-order valence-electron chi connectivity index (χ4n) is 3.08. The first-order chi connectivity index (χ1) is 13.7. The molecule has 1 atom stereocenters. The van der Waals surface area contributed by atoms with Crippen LogP contribution in [-0.2, 0) is 11.2 Å². The van der Waals surface area contributed by atoms with Crippen LogP contribution in [0.1, 0.15) is 11.1 Å². The van der Waals surface area contributed by atoms with Gasteiger partial charge in [-0.05, 0) is 18.6 Å². The standard InChI is InChI=1S/C21H19ClN4O2/c1-2-7-16-17(22)10-6-11-18(16)28-13-15-12-19(27)26-21(23-15)24-20(25-26)14-8-4-3-5-9-14/h2-6,8-12,21,23H,1,7,13H2,(H,24,25). The van der Waals surface area contributed by atoms with Gasteiger partial charge in [-0.15, -0.1) is 11.7 Å². The van der Waals surface area contributed by atoms with Gasteiger partial charge in [-0.2, -0.15) is 5.01 Å². The molecule has 2 aromatic carbocycles. The molecule has 2 aromatic rings. The van der Waals surface area contributed by atoms with Crippen LogP contribution < -0.4 is 15.4 Å². The molecule has 28 heavy (non-hydrogen) atoms. The first kappa shape index (κ1) is 18.1. The molecule has 6 nitrogen and oxygen atoms in total. The summed E-state index contributed by atoms with van der Waals surface area (Å²) < 4.78 is 5.92. The Labute approximate surface area is 168 Å². The van der Waals surface area contributed by atoms with Gasteiger partial charge in [-0.3, -0.25) is 4.79 Å². The summed E-state index contributed by atoms with van der Waals surface area (Å²) >= 11 is 6.26. The Kier molecular flexibility index (Phi) is 5.04. The number of nitrogens with zero attached hydrogens (tertiary/aromatic N) is 2. The van der Waals surface area contributed by atoms with Crippen molar-refractivity contribution in [2.24, 2.45) is 5.10 Å². The maximum absolute atomic E-state index is 12.5. The Morgan fingerprint density at radius 2 is 2.00 bits per heavy atom. The van der Waals surface area contributed by atoms with E-state index in [1.165, 1.54) is 11.1 Å². The zero-order valence-electron chi connectivity index (χ0n) is 15.1. The first-order valence-corrected chi connectivity index (χ1v) is 9.25. The lowest BCUT2D eigenvalue weighted by molar-refractivity contribution is -0.129. The maximum Gasteiger partial charge on any atom is 0.272 e. The van der Waals surface area contributed by atoms with Crippen LogP contribution in [0.5, 0.6) is 5.75 Å². The number of carbonyl (C=O) groups excluding carboxylic acids is 1. The van der Waals surface area contributed by atoms with Crippen LogP contribution in [0.15, 0.2) is 78.1 Å². The summed E-state index contributed by atoms with van der Waals surface area (Å²) in [5, 5.41) is 12.9. The number of amidine groups is 1. The van der Waals surface area contributed by atoms with Crippen molar-refractivity contribution in [3.63, 3.8) is 0 Å². The molecule has 0 spiro atoms. The average Bonchev–Trinajstić information content (AvgIpc) is 3.14. The molecule has 1 amide bonds. The summed E-state index contributed by atoms with van der Waals surface area (Å²) in [5.41, 5.74) is 2.45. The summed E-state index contributed by atoms with van der Waals surface area (Å²) in [5.74, 6) is 1.11. The molecule has 0 bridgehead atoms. The molecule has 0 aliphatic carbocycles. The van der Waals surface area contributed by atoms with E-state index in [2.05, 4.69) is 22.3 Å². The lowest BCUT2D eigenvalue weighted by Crippen LogP contribution is -2.54. The number of hydrogen-bond donors (Lipinski definition) is 2. The van der Waals surface area contributed by atoms with Crippen LogP contribution in [0.2, 0.25) is 5.02 Å². The molecule has 2 N–H and O–H groups in total. The van der Waals surface area contributed by atoms with E-state index in [4.69, 9.17) is 16.3 Å². The number of nitrogens with one attached hydrogen (secondary N) is 2. The smallest absolute Gasteiger partial charge is 0.272 e. The molecule has 2 aliphatic heterocycles. The minimum absolute atomic E-state index is 0.210. The highest BCUT2D eigenvalue weighted by Gasteiger charge is 2.34. The minimum Gasteiger partial charge on any atom is -0.487 e. The number of ether oxygens (including phenoxy) is 1. The molecule has 142 valence electrons. The third kappa shape index (κ3) is 3.59. The number of rotatable bonds is 6. The molecule has 2 aliphatic rings. The van der Waals surface area contributed by atoms with Gasteiger partial charge in [0.2, 0.25) is 6.29 Å². The summed E-state index contributed by atoms with van der Waals surface area (Å²) in [6, 6.07) is 15.2. The average molecular weight is 395 g/mol. The van der Waals surface area contributed by atoms with Crippen molar-refractivity contribution < 1.29 is 9.53 Å². The van der Waals surface area contributed by atoms with Gasteiger partial charge in [0.15, 0.2) is 5.84 Å². The zero-order valence-corrected chi connectivity index (χ0v) is 15.8. The Morgan fingerprint density at radius 3 is 2.79 bits per heavy atom. The van der Waals surface area contributed by atoms with Gasteiger partial charge in [-0.25, -0.2) is 0 Å². The van der Waals surface area contributed by atoms with Gasteiger partial charge in [0, 0.05) is 22.2 Å². The number of halogens is 1. The predicted molar refractivity (Wildman–Crippen MR) is 109 cm³/mol. The molecular weight excluding hydrogens is 376 g/mol. The van der Waals surface area contributed by atoms with Crippen molar-refractivity contribution in [2.75, 3.05) is 6.61 Å². The van der Waals surface area contributed by atoms with Crippen molar-refractivity contribution in [3.8, 4) is 5.75 Å². The van der Waals surface area contributed by atoms with E-state index < -0.39 is 6.29 Å². The van der Waals surface area contributed by atoms with Crippen LogP contribution in [0, 0.1) is 0 Å². The van der Waals surface area contributed by atoms with Gasteiger partial charge in [0.05, 0.1) is 5.70 Å². The van der Waals surface area contributed by atoms with Crippen LogP contribution in [0.3, 0.4) is 0 Å². The summed E-state index contributed by atoms with van der Waals surface area (Å²) in [4.78, 5) is 12.5. The Balaban J connectivity index is 1.45. The van der Waals surface area contributed by atoms with Crippen molar-refractivity contribution in [3.05, 3.63) is 89.1 Å². The second kappa shape index (κ2) is 7.78. The molecule has 7 heteroatoms. The van der Waals surface area contributed by atoms with E-state index in [1.54, 1.807) is 6.08 Å². The Morgan fingerprint density at radius 1 is 1.18 bits per heavy atom. The molecule has 2 heterocycles. The Hall–Kier alpha value is -3.25. The second-order valence-electron chi connectivity index (χ2n) is 6.36. The molecular formula is C21H19ClN4O2. The molecule has 0 saturated heterocycles. The lowest BCUT2D eigenvalue weighted by Gasteiger charge is -2.28. The number of allylic oxidation sites excluding steroid dienone is 1. The van der Waals surface area contributed by atoms with E-state index in [-0.39, 0.29) is 12.5 Å². The van der Waals surface area contributed by atoms with Crippen LogP contribution in [0.4, 0.5) is 0 Å². The van der Waals surface area contributed by atoms with Crippen LogP contribution in [-0.4, -0.2) is 29.6 Å². The van der Waals surface area contributed by atoms with Gasteiger partial charge < -0.3 is 15.4 Å². The molecule has 0 aromatic heterocycles. The van der Waals surface area contributed by atoms with Crippen molar-refractivity contribution in [1.82, 2.24) is 15.6 Å². The number of fused-ring (bicyclic) bond motifs is 1. The number of benzene rings is 2. The molecule has 1 unspecified atom stereocenters. The van der Waals surface area contributed by atoms with E-state index in [1.807, 2.05) is 48.5 Å². The van der Waals surface area contributed by atoms with Crippen molar-refractivity contribution in [2.45, 2.75) is 12.7 Å². The monoisotopic (exact) mass is 394 g/mol. The number of hydrogen-bond acceptors (Lipinski definition) is 5. The van der Waals surface area contributed by atoms with Crippen molar-refractivity contribution in [1.29, 1.82) is 0 Å². The quantitative estimate of drug-likeness (QED) is 0.739. The number of amides is 1. The first-order valence-electron chi connectivity index (χ1n) is 8.87. The zero-order chi connectivity index (χ0) is 19.5. The van der Waals surface area contributed by atoms with Crippen LogP contribution >= 0.6 is 11.6 Å².